The largest absolute Gasteiger partial charge is 0.481 e. The van der Waals surface area contributed by atoms with Crippen LogP contribution in [0, 0.1) is 5.41 Å². The third-order valence-electron chi connectivity index (χ3n) is 2.83. The number of unbranched alkanes of at least 4 members (excludes halogenated alkanes) is 2. The molecule has 19 heavy (non-hydrogen) atoms. The molecule has 0 aromatic heterocycles. The average molecular weight is 263 g/mol. The Morgan fingerprint density at radius 3 is 2.47 bits per heavy atom. The SMILES string of the molecule is CNC(=N)Nc1ccc(CCCCCC(=O)O)cc1. The maximum Gasteiger partial charge on any atom is 0.303 e. The summed E-state index contributed by atoms with van der Waals surface area (Å²) in [7, 11) is 1.70. The second kappa shape index (κ2) is 8.13. The van der Waals surface area contributed by atoms with Crippen molar-refractivity contribution < 1.29 is 9.90 Å². The zero-order chi connectivity index (χ0) is 14.1. The number of aryl methyl sites for hydroxylation is 1. The monoisotopic (exact) mass is 263 g/mol. The van der Waals surface area contributed by atoms with Crippen molar-refractivity contribution in [1.82, 2.24) is 5.32 Å². The van der Waals surface area contributed by atoms with Crippen LogP contribution in [0.3, 0.4) is 0 Å². The Kier molecular flexibility index (Phi) is 6.43. The van der Waals surface area contributed by atoms with E-state index in [0.717, 1.165) is 31.4 Å². The number of carbonyl (C=O) groups is 1. The van der Waals surface area contributed by atoms with E-state index < -0.39 is 5.97 Å². The number of hydrogen-bond donors (Lipinski definition) is 4. The van der Waals surface area contributed by atoms with E-state index in [-0.39, 0.29) is 12.4 Å². The summed E-state index contributed by atoms with van der Waals surface area (Å²) in [6, 6.07) is 7.95. The van der Waals surface area contributed by atoms with Crippen LogP contribution in [-0.4, -0.2) is 24.1 Å². The van der Waals surface area contributed by atoms with Gasteiger partial charge in [-0.25, -0.2) is 0 Å². The first-order valence-corrected chi connectivity index (χ1v) is 6.46. The van der Waals surface area contributed by atoms with Crippen molar-refractivity contribution in [2.24, 2.45) is 0 Å². The van der Waals surface area contributed by atoms with Gasteiger partial charge in [-0.05, 0) is 37.0 Å². The van der Waals surface area contributed by atoms with Crippen LogP contribution < -0.4 is 10.6 Å². The zero-order valence-corrected chi connectivity index (χ0v) is 11.2. The van der Waals surface area contributed by atoms with E-state index in [1.165, 1.54) is 5.56 Å². The number of carboxylic acids is 1. The molecule has 5 heteroatoms. The standard InChI is InChI=1S/C14H21N3O2/c1-16-14(15)17-12-9-7-11(8-10-12)5-3-2-4-6-13(18)19/h7-10H,2-6H2,1H3,(H,18,19)(H3,15,16,17). The number of carboxylic acid groups (broad SMARTS) is 1. The fourth-order valence-corrected chi connectivity index (χ4v) is 1.74. The molecule has 0 saturated carbocycles. The van der Waals surface area contributed by atoms with Gasteiger partial charge in [0.1, 0.15) is 0 Å². The highest BCUT2D eigenvalue weighted by molar-refractivity contribution is 5.90. The van der Waals surface area contributed by atoms with E-state index in [9.17, 15) is 4.79 Å². The van der Waals surface area contributed by atoms with Crippen LogP contribution in [0.15, 0.2) is 24.3 Å². The van der Waals surface area contributed by atoms with Gasteiger partial charge < -0.3 is 15.7 Å². The van der Waals surface area contributed by atoms with E-state index in [1.54, 1.807) is 7.05 Å². The third-order valence-corrected chi connectivity index (χ3v) is 2.83. The highest BCUT2D eigenvalue weighted by Gasteiger charge is 1.99. The molecule has 0 fully saturated rings. The molecule has 0 aliphatic rings. The van der Waals surface area contributed by atoms with Crippen LogP contribution in [0.1, 0.15) is 31.2 Å². The van der Waals surface area contributed by atoms with Gasteiger partial charge in [-0.1, -0.05) is 18.6 Å². The minimum atomic E-state index is -0.720. The van der Waals surface area contributed by atoms with E-state index >= 15 is 0 Å². The molecule has 5 nitrogen and oxygen atoms in total. The number of hydrogen-bond acceptors (Lipinski definition) is 2. The molecule has 0 amide bonds. The maximum atomic E-state index is 10.4. The molecule has 0 aliphatic carbocycles. The van der Waals surface area contributed by atoms with E-state index in [4.69, 9.17) is 10.5 Å². The smallest absolute Gasteiger partial charge is 0.303 e. The van der Waals surface area contributed by atoms with Gasteiger partial charge in [0.25, 0.3) is 0 Å². The molecular weight excluding hydrogens is 242 g/mol. The molecule has 4 N–H and O–H groups in total. The summed E-state index contributed by atoms with van der Waals surface area (Å²) in [5, 5.41) is 21.6. The minimum Gasteiger partial charge on any atom is -0.481 e. The van der Waals surface area contributed by atoms with Crippen LogP contribution >= 0.6 is 0 Å². The van der Waals surface area contributed by atoms with Crippen molar-refractivity contribution in [3.05, 3.63) is 29.8 Å². The summed E-state index contributed by atoms with van der Waals surface area (Å²) < 4.78 is 0. The van der Waals surface area contributed by atoms with Gasteiger partial charge in [-0.2, -0.15) is 0 Å². The number of anilines is 1. The predicted molar refractivity (Wildman–Crippen MR) is 76.7 cm³/mol. The van der Waals surface area contributed by atoms with Crippen LogP contribution in [-0.2, 0) is 11.2 Å². The van der Waals surface area contributed by atoms with Crippen LogP contribution in [0.25, 0.3) is 0 Å². The Labute approximate surface area is 113 Å². The summed E-state index contributed by atoms with van der Waals surface area (Å²) >= 11 is 0. The fraction of sp³-hybridized carbons (Fsp3) is 0.429. The van der Waals surface area contributed by atoms with Gasteiger partial charge >= 0.3 is 5.97 Å². The lowest BCUT2D eigenvalue weighted by Gasteiger charge is -2.07. The zero-order valence-electron chi connectivity index (χ0n) is 11.2. The Morgan fingerprint density at radius 2 is 1.89 bits per heavy atom. The Hall–Kier alpha value is -2.04. The molecule has 0 heterocycles. The topological polar surface area (TPSA) is 85.2 Å². The first-order valence-electron chi connectivity index (χ1n) is 6.46. The van der Waals surface area contributed by atoms with Crippen molar-refractivity contribution in [3.63, 3.8) is 0 Å². The lowest BCUT2D eigenvalue weighted by molar-refractivity contribution is -0.137. The number of aliphatic carboxylic acids is 1. The first-order chi connectivity index (χ1) is 9.11. The summed E-state index contributed by atoms with van der Waals surface area (Å²) in [4.78, 5) is 10.4. The van der Waals surface area contributed by atoms with E-state index in [2.05, 4.69) is 10.6 Å². The van der Waals surface area contributed by atoms with Crippen LogP contribution in [0.5, 0.6) is 0 Å². The van der Waals surface area contributed by atoms with Gasteiger partial charge in [0.15, 0.2) is 5.96 Å². The highest BCUT2D eigenvalue weighted by Crippen LogP contribution is 2.12. The summed E-state index contributed by atoms with van der Waals surface area (Å²) in [5.74, 6) is -0.455. The lowest BCUT2D eigenvalue weighted by Crippen LogP contribution is -2.25. The number of guanidine groups is 1. The number of benzene rings is 1. The molecule has 0 unspecified atom stereocenters. The Bertz CT molecular complexity index is 415. The van der Waals surface area contributed by atoms with Crippen LogP contribution in [0.4, 0.5) is 5.69 Å². The first kappa shape index (κ1) is 15.0. The normalized spacial score (nSPS) is 9.95. The predicted octanol–water partition coefficient (Wildman–Crippen LogP) is 2.44. The molecule has 0 spiro atoms. The summed E-state index contributed by atoms with van der Waals surface area (Å²) in [6.45, 7) is 0. The van der Waals surface area contributed by atoms with E-state index in [1.807, 2.05) is 24.3 Å². The highest BCUT2D eigenvalue weighted by atomic mass is 16.4. The van der Waals surface area contributed by atoms with E-state index in [0.29, 0.717) is 0 Å². The second-order valence-electron chi connectivity index (χ2n) is 4.40. The maximum absolute atomic E-state index is 10.4. The minimum absolute atomic E-state index is 0.259. The number of rotatable bonds is 7. The molecule has 1 aromatic rings. The molecule has 104 valence electrons. The fourth-order valence-electron chi connectivity index (χ4n) is 1.74. The molecular formula is C14H21N3O2. The van der Waals surface area contributed by atoms with Crippen LogP contribution in [0.2, 0.25) is 0 Å². The van der Waals surface area contributed by atoms with Crippen molar-refractivity contribution in [2.75, 3.05) is 12.4 Å². The van der Waals surface area contributed by atoms with Gasteiger partial charge in [0, 0.05) is 19.2 Å². The van der Waals surface area contributed by atoms with Crippen molar-refractivity contribution >= 4 is 17.6 Å². The second-order valence-corrected chi connectivity index (χ2v) is 4.40. The lowest BCUT2D eigenvalue weighted by atomic mass is 10.1. The van der Waals surface area contributed by atoms with Crippen molar-refractivity contribution in [1.29, 1.82) is 5.41 Å². The van der Waals surface area contributed by atoms with Crippen molar-refractivity contribution in [2.45, 2.75) is 32.1 Å². The average Bonchev–Trinajstić information content (AvgIpc) is 2.39. The summed E-state index contributed by atoms with van der Waals surface area (Å²) in [5.41, 5.74) is 2.12. The molecule has 1 rings (SSSR count). The molecule has 0 radical (unpaired) electrons. The third kappa shape index (κ3) is 6.45. The molecule has 0 atom stereocenters. The molecule has 1 aromatic carbocycles. The van der Waals surface area contributed by atoms with Gasteiger partial charge in [0.2, 0.25) is 0 Å². The molecule has 0 saturated heterocycles. The Morgan fingerprint density at radius 1 is 1.21 bits per heavy atom. The summed E-state index contributed by atoms with van der Waals surface area (Å²) in [6.07, 6.45) is 3.91. The molecule has 0 aliphatic heterocycles. The number of nitrogens with one attached hydrogen (secondary N) is 3. The van der Waals surface area contributed by atoms with Gasteiger partial charge in [-0.3, -0.25) is 10.2 Å². The van der Waals surface area contributed by atoms with Crippen molar-refractivity contribution in [3.8, 4) is 0 Å². The van der Waals surface area contributed by atoms with Gasteiger partial charge in [-0.15, -0.1) is 0 Å². The Balaban J connectivity index is 2.28. The quantitative estimate of drug-likeness (QED) is 0.346. The van der Waals surface area contributed by atoms with Gasteiger partial charge in [0.05, 0.1) is 0 Å². The molecule has 0 bridgehead atoms.